The van der Waals surface area contributed by atoms with Gasteiger partial charge in [-0.3, -0.25) is 0 Å². The molecule has 134 valence electrons. The minimum Gasteiger partial charge on any atom is -0.491 e. The molecule has 0 aliphatic carbocycles. The second kappa shape index (κ2) is 8.34. The lowest BCUT2D eigenvalue weighted by atomic mass is 10.1. The minimum atomic E-state index is 0.165. The van der Waals surface area contributed by atoms with Crippen LogP contribution in [0.1, 0.15) is 25.0 Å². The number of aryl methyl sites for hydroxylation is 1. The van der Waals surface area contributed by atoms with Gasteiger partial charge in [-0.1, -0.05) is 29.8 Å². The summed E-state index contributed by atoms with van der Waals surface area (Å²) in [4.78, 5) is 8.56. The monoisotopic (exact) mass is 348 g/mol. The van der Waals surface area contributed by atoms with E-state index in [0.717, 1.165) is 29.6 Å². The first-order valence-corrected chi connectivity index (χ1v) is 8.74. The summed E-state index contributed by atoms with van der Waals surface area (Å²) in [5.41, 5.74) is 3.42. The average molecular weight is 348 g/mol. The third kappa shape index (κ3) is 5.21. The molecule has 0 unspecified atom stereocenters. The molecule has 0 radical (unpaired) electrons. The van der Waals surface area contributed by atoms with Gasteiger partial charge in [0.25, 0.3) is 0 Å². The summed E-state index contributed by atoms with van der Waals surface area (Å²) < 4.78 is 5.66. The maximum Gasteiger partial charge on any atom is 0.135 e. The van der Waals surface area contributed by atoms with Gasteiger partial charge in [-0.05, 0) is 50.6 Å². The van der Waals surface area contributed by atoms with Crippen molar-refractivity contribution < 1.29 is 4.74 Å². The predicted molar refractivity (Wildman–Crippen MR) is 106 cm³/mol. The first-order chi connectivity index (χ1) is 12.6. The number of rotatable bonds is 7. The summed E-state index contributed by atoms with van der Waals surface area (Å²) in [7, 11) is 0. The Morgan fingerprint density at radius 1 is 0.923 bits per heavy atom. The van der Waals surface area contributed by atoms with Crippen molar-refractivity contribution in [3.8, 4) is 5.75 Å². The molecule has 0 atom stereocenters. The van der Waals surface area contributed by atoms with Crippen LogP contribution in [0.5, 0.6) is 5.75 Å². The van der Waals surface area contributed by atoms with E-state index in [1.54, 1.807) is 6.33 Å². The van der Waals surface area contributed by atoms with Crippen LogP contribution >= 0.6 is 0 Å². The second-order valence-corrected chi connectivity index (χ2v) is 6.44. The Hall–Kier alpha value is -3.08. The van der Waals surface area contributed by atoms with Crippen LogP contribution in [0.25, 0.3) is 0 Å². The summed E-state index contributed by atoms with van der Waals surface area (Å²) in [6, 6.07) is 18.2. The molecule has 26 heavy (non-hydrogen) atoms. The molecule has 1 heterocycles. The molecule has 0 aliphatic heterocycles. The van der Waals surface area contributed by atoms with Crippen molar-refractivity contribution in [1.82, 2.24) is 9.97 Å². The number of ether oxygens (including phenoxy) is 1. The van der Waals surface area contributed by atoms with Gasteiger partial charge in [0.1, 0.15) is 23.7 Å². The number of benzene rings is 2. The second-order valence-electron chi connectivity index (χ2n) is 6.44. The highest BCUT2D eigenvalue weighted by molar-refractivity contribution is 5.59. The lowest BCUT2D eigenvalue weighted by Gasteiger charge is -2.11. The molecule has 0 spiro atoms. The van der Waals surface area contributed by atoms with E-state index in [0.29, 0.717) is 0 Å². The van der Waals surface area contributed by atoms with Gasteiger partial charge in [0.05, 0.1) is 6.10 Å². The van der Waals surface area contributed by atoms with Crippen LogP contribution in [0.4, 0.5) is 17.3 Å². The molecule has 3 aromatic rings. The van der Waals surface area contributed by atoms with Crippen LogP contribution < -0.4 is 15.4 Å². The standard InChI is InChI=1S/C21H24N4O/c1-15(2)26-19-10-8-18(9-11-19)25-21-12-20(23-14-24-21)22-13-17-6-4-16(3)5-7-17/h4-12,14-15H,13H2,1-3H3,(H2,22,23,24,25). The smallest absolute Gasteiger partial charge is 0.135 e. The largest absolute Gasteiger partial charge is 0.491 e. The number of nitrogens with one attached hydrogen (secondary N) is 2. The van der Waals surface area contributed by atoms with Crippen LogP contribution in [-0.2, 0) is 6.54 Å². The Kier molecular flexibility index (Phi) is 5.69. The van der Waals surface area contributed by atoms with Crippen LogP contribution in [0.15, 0.2) is 60.9 Å². The van der Waals surface area contributed by atoms with Crippen molar-refractivity contribution in [3.05, 3.63) is 72.1 Å². The SMILES string of the molecule is Cc1ccc(CNc2cc(Nc3ccc(OC(C)C)cc3)ncn2)cc1. The molecule has 0 aliphatic rings. The average Bonchev–Trinajstić information content (AvgIpc) is 2.63. The van der Waals surface area contributed by atoms with Crippen molar-refractivity contribution in [2.24, 2.45) is 0 Å². The summed E-state index contributed by atoms with van der Waals surface area (Å²) in [5, 5.41) is 6.61. The molecular formula is C21H24N4O. The maximum absolute atomic E-state index is 5.66. The third-order valence-corrected chi connectivity index (χ3v) is 3.76. The topological polar surface area (TPSA) is 59.1 Å². The highest BCUT2D eigenvalue weighted by atomic mass is 16.5. The highest BCUT2D eigenvalue weighted by Gasteiger charge is 2.02. The third-order valence-electron chi connectivity index (χ3n) is 3.76. The van der Waals surface area contributed by atoms with Gasteiger partial charge in [0.15, 0.2) is 0 Å². The first-order valence-electron chi connectivity index (χ1n) is 8.74. The maximum atomic E-state index is 5.66. The van der Waals surface area contributed by atoms with E-state index >= 15 is 0 Å². The van der Waals surface area contributed by atoms with Gasteiger partial charge in [0.2, 0.25) is 0 Å². The van der Waals surface area contributed by atoms with Crippen molar-refractivity contribution in [1.29, 1.82) is 0 Å². The van der Waals surface area contributed by atoms with Crippen LogP contribution in [0.2, 0.25) is 0 Å². The molecule has 5 nitrogen and oxygen atoms in total. The molecule has 0 saturated carbocycles. The number of hydrogen-bond donors (Lipinski definition) is 2. The molecule has 2 aromatic carbocycles. The summed E-state index contributed by atoms with van der Waals surface area (Å²) in [6.07, 6.45) is 1.72. The molecule has 3 rings (SSSR count). The molecule has 0 fully saturated rings. The zero-order valence-electron chi connectivity index (χ0n) is 15.4. The van der Waals surface area contributed by atoms with E-state index in [1.165, 1.54) is 11.1 Å². The predicted octanol–water partition coefficient (Wildman–Crippen LogP) is 4.93. The molecule has 2 N–H and O–H groups in total. The number of aromatic nitrogens is 2. The Bertz CT molecular complexity index is 829. The lowest BCUT2D eigenvalue weighted by Crippen LogP contribution is -2.05. The molecule has 1 aromatic heterocycles. The van der Waals surface area contributed by atoms with Crippen molar-refractivity contribution >= 4 is 17.3 Å². The van der Waals surface area contributed by atoms with E-state index in [4.69, 9.17) is 4.74 Å². The van der Waals surface area contributed by atoms with E-state index < -0.39 is 0 Å². The normalized spacial score (nSPS) is 10.6. The van der Waals surface area contributed by atoms with E-state index in [9.17, 15) is 0 Å². The molecule has 0 amide bonds. The van der Waals surface area contributed by atoms with Crippen LogP contribution in [-0.4, -0.2) is 16.1 Å². The molecular weight excluding hydrogens is 324 g/mol. The lowest BCUT2D eigenvalue weighted by molar-refractivity contribution is 0.242. The fraction of sp³-hybridized carbons (Fsp3) is 0.238. The fourth-order valence-electron chi connectivity index (χ4n) is 2.46. The Labute approximate surface area is 154 Å². The van der Waals surface area contributed by atoms with Crippen LogP contribution in [0, 0.1) is 6.92 Å². The van der Waals surface area contributed by atoms with Gasteiger partial charge in [-0.15, -0.1) is 0 Å². The van der Waals surface area contributed by atoms with Gasteiger partial charge >= 0.3 is 0 Å². The van der Waals surface area contributed by atoms with Crippen LogP contribution in [0.3, 0.4) is 0 Å². The van der Waals surface area contributed by atoms with Gasteiger partial charge in [0, 0.05) is 18.3 Å². The Balaban J connectivity index is 1.60. The van der Waals surface area contributed by atoms with E-state index in [1.807, 2.05) is 44.2 Å². The highest BCUT2D eigenvalue weighted by Crippen LogP contribution is 2.20. The zero-order chi connectivity index (χ0) is 18.4. The van der Waals surface area contributed by atoms with Crippen molar-refractivity contribution in [2.45, 2.75) is 33.4 Å². The number of nitrogens with zero attached hydrogens (tertiary/aromatic N) is 2. The fourth-order valence-corrected chi connectivity index (χ4v) is 2.46. The van der Waals surface area contributed by atoms with E-state index in [-0.39, 0.29) is 6.10 Å². The van der Waals surface area contributed by atoms with Gasteiger partial charge in [-0.25, -0.2) is 9.97 Å². The molecule has 0 saturated heterocycles. The van der Waals surface area contributed by atoms with Gasteiger partial charge < -0.3 is 15.4 Å². The summed E-state index contributed by atoms with van der Waals surface area (Å²) >= 11 is 0. The first kappa shape index (κ1) is 17.7. The zero-order valence-corrected chi connectivity index (χ0v) is 15.4. The minimum absolute atomic E-state index is 0.165. The molecule has 0 bridgehead atoms. The summed E-state index contributed by atoms with van der Waals surface area (Å²) in [5.74, 6) is 2.38. The summed E-state index contributed by atoms with van der Waals surface area (Å²) in [6.45, 7) is 6.83. The Morgan fingerprint density at radius 2 is 1.62 bits per heavy atom. The number of anilines is 3. The van der Waals surface area contributed by atoms with Crippen molar-refractivity contribution in [3.63, 3.8) is 0 Å². The van der Waals surface area contributed by atoms with Gasteiger partial charge in [-0.2, -0.15) is 0 Å². The van der Waals surface area contributed by atoms with E-state index in [2.05, 4.69) is 51.8 Å². The Morgan fingerprint density at radius 3 is 2.31 bits per heavy atom. The van der Waals surface area contributed by atoms with Crippen molar-refractivity contribution in [2.75, 3.05) is 10.6 Å². The molecule has 5 heteroatoms. The number of hydrogen-bond acceptors (Lipinski definition) is 5. The quantitative estimate of drug-likeness (QED) is 0.634.